The van der Waals surface area contributed by atoms with Crippen LogP contribution < -0.4 is 9.64 Å². The smallest absolute Gasteiger partial charge is 0.349 e. The van der Waals surface area contributed by atoms with Crippen molar-refractivity contribution in [3.05, 3.63) is 34.2 Å². The van der Waals surface area contributed by atoms with E-state index in [1.54, 1.807) is 0 Å². The summed E-state index contributed by atoms with van der Waals surface area (Å²) in [6.07, 6.45) is 13.0. The van der Waals surface area contributed by atoms with Gasteiger partial charge in [0.1, 0.15) is 5.02 Å². The fraction of sp³-hybridized carbons (Fsp3) is 0.556. The average molecular weight is 520 g/mol. The molecule has 190 valence electrons. The molecule has 4 rings (SSSR count). The maximum absolute atomic E-state index is 11.8. The molecule has 0 spiro atoms. The first-order valence-electron chi connectivity index (χ1n) is 12.7. The lowest BCUT2D eigenvalue weighted by atomic mass is 9.86. The summed E-state index contributed by atoms with van der Waals surface area (Å²) < 4.78 is 5.26. The number of carbonyl (C=O) groups is 2. The van der Waals surface area contributed by atoms with Gasteiger partial charge in [-0.05, 0) is 55.2 Å². The molecule has 1 aromatic heterocycles. The Balaban J connectivity index is 1.63. The lowest BCUT2D eigenvalue weighted by molar-refractivity contribution is -0.139. The van der Waals surface area contributed by atoms with Gasteiger partial charge < -0.3 is 19.8 Å². The third-order valence-electron chi connectivity index (χ3n) is 7.22. The van der Waals surface area contributed by atoms with E-state index in [-0.39, 0.29) is 15.6 Å². The predicted octanol–water partition coefficient (Wildman–Crippen LogP) is 7.20. The highest BCUT2D eigenvalue weighted by molar-refractivity contribution is 7.18. The first kappa shape index (κ1) is 25.8. The minimum absolute atomic E-state index is 0.0757. The van der Waals surface area contributed by atoms with Crippen molar-refractivity contribution in [2.45, 2.75) is 64.2 Å². The number of aromatic carboxylic acids is 1. The standard InChI is InChI=1S/C27H34ClNO5S/c28-23-24(34-17-22(30)31)26(27(32)33)35-25(23)20-12-7-13-21(14-20)29(15-18-8-3-1-4-9-18)16-19-10-5-2-6-11-19/h7,12-14,18-19H,1-6,8-11,15-17H2,(H,30,31)(H,32,33). The summed E-state index contributed by atoms with van der Waals surface area (Å²) in [7, 11) is 0. The highest BCUT2D eigenvalue weighted by Crippen LogP contribution is 2.46. The van der Waals surface area contributed by atoms with E-state index in [9.17, 15) is 14.7 Å². The molecule has 0 amide bonds. The van der Waals surface area contributed by atoms with Crippen LogP contribution in [-0.2, 0) is 4.79 Å². The number of nitrogens with zero attached hydrogens (tertiary/aromatic N) is 1. The molecule has 0 saturated heterocycles. The number of hydrogen-bond acceptors (Lipinski definition) is 5. The second-order valence-electron chi connectivity index (χ2n) is 9.85. The number of hydrogen-bond donors (Lipinski definition) is 2. The molecule has 6 nitrogen and oxygen atoms in total. The van der Waals surface area contributed by atoms with Crippen molar-refractivity contribution in [2.75, 3.05) is 24.6 Å². The molecule has 35 heavy (non-hydrogen) atoms. The number of rotatable bonds is 10. The van der Waals surface area contributed by atoms with E-state index in [0.29, 0.717) is 16.7 Å². The first-order valence-corrected chi connectivity index (χ1v) is 13.9. The first-order chi connectivity index (χ1) is 16.9. The molecule has 2 fully saturated rings. The Bertz CT molecular complexity index is 1010. The number of halogens is 1. The minimum Gasteiger partial charge on any atom is -0.479 e. The number of anilines is 1. The van der Waals surface area contributed by atoms with E-state index < -0.39 is 18.5 Å². The fourth-order valence-electron chi connectivity index (χ4n) is 5.48. The van der Waals surface area contributed by atoms with Crippen LogP contribution in [0.1, 0.15) is 73.9 Å². The zero-order valence-corrected chi connectivity index (χ0v) is 21.6. The molecule has 1 aromatic carbocycles. The normalized spacial score (nSPS) is 17.3. The van der Waals surface area contributed by atoms with Gasteiger partial charge in [0, 0.05) is 18.8 Å². The summed E-state index contributed by atoms with van der Waals surface area (Å²) in [4.78, 5) is 25.8. The molecule has 0 unspecified atom stereocenters. The molecule has 0 bridgehead atoms. The molecule has 1 heterocycles. The Morgan fingerprint density at radius 3 is 2.11 bits per heavy atom. The van der Waals surface area contributed by atoms with Crippen molar-refractivity contribution < 1.29 is 24.5 Å². The average Bonchev–Trinajstić information content (AvgIpc) is 3.20. The van der Waals surface area contributed by atoms with Crippen LogP contribution in [0.3, 0.4) is 0 Å². The second-order valence-corrected chi connectivity index (χ2v) is 11.3. The van der Waals surface area contributed by atoms with Crippen LogP contribution in [0.2, 0.25) is 5.02 Å². The molecule has 0 radical (unpaired) electrons. The van der Waals surface area contributed by atoms with Crippen LogP contribution >= 0.6 is 22.9 Å². The Kier molecular flexibility index (Phi) is 8.95. The molecule has 2 aromatic rings. The quantitative estimate of drug-likeness (QED) is 0.345. The minimum atomic E-state index is -1.19. The summed E-state index contributed by atoms with van der Waals surface area (Å²) in [5.74, 6) is -1.04. The SMILES string of the molecule is O=C(O)COc1c(C(=O)O)sc(-c2cccc(N(CC3CCCCC3)CC3CCCCC3)c2)c1Cl. The second kappa shape index (κ2) is 12.1. The van der Waals surface area contributed by atoms with Gasteiger partial charge >= 0.3 is 11.9 Å². The fourth-order valence-corrected chi connectivity index (χ4v) is 6.88. The van der Waals surface area contributed by atoms with Gasteiger partial charge in [0.05, 0.1) is 4.88 Å². The van der Waals surface area contributed by atoms with E-state index >= 15 is 0 Å². The van der Waals surface area contributed by atoms with Crippen LogP contribution in [0.15, 0.2) is 24.3 Å². The third kappa shape index (κ3) is 6.70. The van der Waals surface area contributed by atoms with Crippen LogP contribution in [0.5, 0.6) is 5.75 Å². The van der Waals surface area contributed by atoms with E-state index in [1.165, 1.54) is 64.2 Å². The Morgan fingerprint density at radius 1 is 0.971 bits per heavy atom. The summed E-state index contributed by atoms with van der Waals surface area (Å²) in [5.41, 5.74) is 1.95. The van der Waals surface area contributed by atoms with Crippen molar-refractivity contribution in [3.8, 4) is 16.2 Å². The molecule has 0 aliphatic heterocycles. The predicted molar refractivity (Wildman–Crippen MR) is 140 cm³/mol. The number of ether oxygens (including phenoxy) is 1. The molecule has 8 heteroatoms. The summed E-state index contributed by atoms with van der Waals surface area (Å²) >= 11 is 7.57. The van der Waals surface area contributed by atoms with E-state index in [1.807, 2.05) is 12.1 Å². The van der Waals surface area contributed by atoms with Gasteiger partial charge in [-0.25, -0.2) is 9.59 Å². The maximum Gasteiger partial charge on any atom is 0.349 e. The molecule has 0 atom stereocenters. The molecule has 2 aliphatic rings. The maximum atomic E-state index is 11.8. The molecule has 2 aliphatic carbocycles. The van der Waals surface area contributed by atoms with Crippen molar-refractivity contribution in [3.63, 3.8) is 0 Å². The van der Waals surface area contributed by atoms with Crippen LogP contribution in [0.4, 0.5) is 5.69 Å². The van der Waals surface area contributed by atoms with Crippen molar-refractivity contribution in [1.82, 2.24) is 0 Å². The highest BCUT2D eigenvalue weighted by Gasteiger charge is 2.26. The number of thiophene rings is 1. The topological polar surface area (TPSA) is 87.1 Å². The highest BCUT2D eigenvalue weighted by atomic mass is 35.5. The summed E-state index contributed by atoms with van der Waals surface area (Å²) in [6.45, 7) is 1.45. The molecular formula is C27H34ClNO5S. The summed E-state index contributed by atoms with van der Waals surface area (Å²) in [5, 5.41) is 18.8. The van der Waals surface area contributed by atoms with Crippen molar-refractivity contribution in [1.29, 1.82) is 0 Å². The van der Waals surface area contributed by atoms with Gasteiger partial charge in [-0.1, -0.05) is 62.3 Å². The molecule has 2 saturated carbocycles. The van der Waals surface area contributed by atoms with Gasteiger partial charge in [0.25, 0.3) is 0 Å². The number of aliphatic carboxylic acids is 1. The molecule has 2 N–H and O–H groups in total. The van der Waals surface area contributed by atoms with Crippen molar-refractivity contribution in [2.24, 2.45) is 11.8 Å². The zero-order valence-electron chi connectivity index (χ0n) is 20.0. The lowest BCUT2D eigenvalue weighted by Gasteiger charge is -2.35. The summed E-state index contributed by atoms with van der Waals surface area (Å²) in [6, 6.07) is 8.15. The monoisotopic (exact) mass is 519 g/mol. The van der Waals surface area contributed by atoms with Gasteiger partial charge in [-0.15, -0.1) is 11.3 Å². The van der Waals surface area contributed by atoms with Gasteiger partial charge in [-0.3, -0.25) is 0 Å². The van der Waals surface area contributed by atoms with E-state index in [4.69, 9.17) is 21.4 Å². The van der Waals surface area contributed by atoms with E-state index in [2.05, 4.69) is 17.0 Å². The van der Waals surface area contributed by atoms with Gasteiger partial charge in [0.15, 0.2) is 17.2 Å². The number of carboxylic acids is 2. The lowest BCUT2D eigenvalue weighted by Crippen LogP contribution is -2.35. The number of carboxylic acid groups (broad SMARTS) is 2. The zero-order chi connectivity index (χ0) is 24.8. The van der Waals surface area contributed by atoms with Gasteiger partial charge in [0.2, 0.25) is 0 Å². The number of benzene rings is 1. The van der Waals surface area contributed by atoms with Crippen LogP contribution in [0.25, 0.3) is 10.4 Å². The third-order valence-corrected chi connectivity index (χ3v) is 8.90. The largest absolute Gasteiger partial charge is 0.479 e. The van der Waals surface area contributed by atoms with Crippen molar-refractivity contribution >= 4 is 40.6 Å². The Labute approximate surface area is 215 Å². The van der Waals surface area contributed by atoms with Crippen LogP contribution in [0, 0.1) is 11.8 Å². The van der Waals surface area contributed by atoms with Gasteiger partial charge in [-0.2, -0.15) is 0 Å². The Morgan fingerprint density at radius 2 is 1.57 bits per heavy atom. The van der Waals surface area contributed by atoms with Crippen LogP contribution in [-0.4, -0.2) is 41.8 Å². The Hall–Kier alpha value is -2.25. The van der Waals surface area contributed by atoms with E-state index in [0.717, 1.165) is 35.7 Å². The molecular weight excluding hydrogens is 486 g/mol.